The minimum atomic E-state index is -0.933. The molecular formula is C20H19BrO7. The molecule has 4 fully saturated rings. The number of epoxide rings is 1. The summed E-state index contributed by atoms with van der Waals surface area (Å²) in [7, 11) is 0. The molecular weight excluding hydrogens is 432 g/mol. The second-order valence-corrected chi connectivity index (χ2v) is 9.52. The quantitative estimate of drug-likeness (QED) is 0.517. The molecule has 0 aromatic carbocycles. The van der Waals surface area contributed by atoms with Crippen molar-refractivity contribution in [2.24, 2.45) is 16.7 Å². The lowest BCUT2D eigenvalue weighted by molar-refractivity contribution is -0.213. The summed E-state index contributed by atoms with van der Waals surface area (Å²) in [4.78, 5) is 25.5. The van der Waals surface area contributed by atoms with Gasteiger partial charge in [-0.2, -0.15) is 0 Å². The van der Waals surface area contributed by atoms with Crippen LogP contribution < -0.4 is 0 Å². The number of carbonyl (C=O) groups is 2. The highest BCUT2D eigenvalue weighted by Crippen LogP contribution is 2.76. The van der Waals surface area contributed by atoms with Crippen LogP contribution in [0.3, 0.4) is 0 Å². The Bertz CT molecular complexity index is 952. The van der Waals surface area contributed by atoms with Crippen LogP contribution in [0.4, 0.5) is 0 Å². The highest BCUT2D eigenvalue weighted by Gasteiger charge is 2.85. The van der Waals surface area contributed by atoms with Crippen LogP contribution >= 0.6 is 15.9 Å². The molecule has 28 heavy (non-hydrogen) atoms. The Morgan fingerprint density at radius 1 is 1.29 bits per heavy atom. The number of aliphatic hydroxyl groups is 1. The summed E-state index contributed by atoms with van der Waals surface area (Å²) < 4.78 is 23.4. The Kier molecular flexibility index (Phi) is 3.14. The van der Waals surface area contributed by atoms with E-state index in [9.17, 15) is 14.7 Å². The summed E-state index contributed by atoms with van der Waals surface area (Å²) >= 11 is 3.37. The lowest BCUT2D eigenvalue weighted by Crippen LogP contribution is -2.67. The average molecular weight is 451 g/mol. The molecule has 1 aromatic heterocycles. The van der Waals surface area contributed by atoms with Gasteiger partial charge >= 0.3 is 11.9 Å². The van der Waals surface area contributed by atoms with Crippen LogP contribution in [0.25, 0.3) is 0 Å². The molecule has 1 N–H and O–H groups in total. The van der Waals surface area contributed by atoms with Crippen LogP contribution in [0.2, 0.25) is 0 Å². The van der Waals surface area contributed by atoms with Gasteiger partial charge in [-0.3, -0.25) is 4.79 Å². The molecule has 2 aliphatic carbocycles. The first-order valence-corrected chi connectivity index (χ1v) is 10.3. The number of halogens is 1. The molecule has 6 rings (SSSR count). The fourth-order valence-corrected chi connectivity index (χ4v) is 7.22. The summed E-state index contributed by atoms with van der Waals surface area (Å²) in [6, 6.07) is 1.78. The number of esters is 2. The van der Waals surface area contributed by atoms with E-state index in [1.54, 1.807) is 12.3 Å². The van der Waals surface area contributed by atoms with E-state index in [0.717, 1.165) is 5.56 Å². The van der Waals surface area contributed by atoms with Crippen LogP contribution in [0.15, 0.2) is 33.1 Å². The van der Waals surface area contributed by atoms with E-state index in [4.69, 9.17) is 18.6 Å². The SMILES string of the molecule is C[C@]12C[C@H](c3ccoc3Br)OC(=O)[C@@H]1[C@H](O)C[C@@]13COC(=O)C1=CC[C@H]1O[C@]132. The maximum absolute atomic E-state index is 13.1. The van der Waals surface area contributed by atoms with Crippen molar-refractivity contribution in [1.82, 2.24) is 0 Å². The maximum atomic E-state index is 13.1. The highest BCUT2D eigenvalue weighted by atomic mass is 79.9. The van der Waals surface area contributed by atoms with Crippen molar-refractivity contribution in [1.29, 1.82) is 0 Å². The smallest absolute Gasteiger partial charge is 0.334 e. The van der Waals surface area contributed by atoms with Gasteiger partial charge in [0.1, 0.15) is 18.3 Å². The Morgan fingerprint density at radius 2 is 2.11 bits per heavy atom. The molecule has 3 saturated heterocycles. The van der Waals surface area contributed by atoms with Crippen molar-refractivity contribution in [3.05, 3.63) is 34.2 Å². The number of fused-ring (bicyclic) bond motifs is 1. The molecule has 3 aliphatic heterocycles. The van der Waals surface area contributed by atoms with Crippen LogP contribution in [-0.2, 0) is 23.8 Å². The number of furan rings is 1. The second-order valence-electron chi connectivity index (χ2n) is 8.80. The van der Waals surface area contributed by atoms with Crippen molar-refractivity contribution < 1.29 is 33.3 Å². The zero-order chi connectivity index (χ0) is 19.5. The molecule has 0 unspecified atom stereocenters. The molecule has 7 atom stereocenters. The van der Waals surface area contributed by atoms with Crippen LogP contribution in [-0.4, -0.2) is 41.5 Å². The van der Waals surface area contributed by atoms with Crippen LogP contribution in [0, 0.1) is 16.7 Å². The first-order valence-electron chi connectivity index (χ1n) is 9.51. The second kappa shape index (κ2) is 5.09. The largest absolute Gasteiger partial charge is 0.461 e. The van der Waals surface area contributed by atoms with E-state index in [0.29, 0.717) is 23.1 Å². The van der Waals surface area contributed by atoms with Crippen molar-refractivity contribution in [2.45, 2.75) is 50.1 Å². The Labute approximate surface area is 169 Å². The monoisotopic (exact) mass is 450 g/mol. The summed E-state index contributed by atoms with van der Waals surface area (Å²) in [5, 5.41) is 11.0. The van der Waals surface area contributed by atoms with Gasteiger partial charge < -0.3 is 23.7 Å². The zero-order valence-corrected chi connectivity index (χ0v) is 16.7. The van der Waals surface area contributed by atoms with Gasteiger partial charge in [-0.15, -0.1) is 0 Å². The van der Waals surface area contributed by atoms with Gasteiger partial charge in [-0.25, -0.2) is 4.79 Å². The highest BCUT2D eigenvalue weighted by molar-refractivity contribution is 9.10. The summed E-state index contributed by atoms with van der Waals surface area (Å²) in [6.45, 7) is 2.18. The molecule has 4 heterocycles. The standard InChI is InChI=1S/C20H19BrO7/c1-18-7-12(9-4-5-25-15(9)21)27-17(24)14(18)11(22)6-19-8-26-16(23)10(19)2-3-13-20(18,19)28-13/h2,4-5,11-14,22H,3,6-8H2,1H3/t11-,12-,13-,14+,18+,19-,20+/m1/s1. The minimum absolute atomic E-state index is 0.0925. The summed E-state index contributed by atoms with van der Waals surface area (Å²) in [5.41, 5.74) is -0.790. The number of cyclic esters (lactones) is 2. The third-order valence-corrected chi connectivity index (χ3v) is 8.39. The fourth-order valence-electron chi connectivity index (χ4n) is 6.72. The molecule has 7 nitrogen and oxygen atoms in total. The number of hydrogen-bond donors (Lipinski definition) is 1. The normalized spacial score (nSPS) is 48.5. The van der Waals surface area contributed by atoms with Gasteiger partial charge in [0.2, 0.25) is 0 Å². The van der Waals surface area contributed by atoms with Crippen LogP contribution in [0.1, 0.15) is 37.9 Å². The van der Waals surface area contributed by atoms with E-state index in [2.05, 4.69) is 15.9 Å². The van der Waals surface area contributed by atoms with Gasteiger partial charge in [0.25, 0.3) is 0 Å². The minimum Gasteiger partial charge on any atom is -0.461 e. The average Bonchev–Trinajstić information content (AvgIpc) is 3.13. The summed E-state index contributed by atoms with van der Waals surface area (Å²) in [5.74, 6) is -1.48. The first-order chi connectivity index (χ1) is 13.3. The lowest BCUT2D eigenvalue weighted by Gasteiger charge is -2.58. The number of aliphatic hydroxyl groups excluding tert-OH is 1. The van der Waals surface area contributed by atoms with Gasteiger partial charge in [-0.1, -0.05) is 13.0 Å². The molecule has 1 aromatic rings. The number of rotatable bonds is 1. The Morgan fingerprint density at radius 3 is 2.86 bits per heavy atom. The number of carbonyl (C=O) groups excluding carboxylic acids is 2. The predicted molar refractivity (Wildman–Crippen MR) is 95.8 cm³/mol. The first kappa shape index (κ1) is 17.2. The van der Waals surface area contributed by atoms with E-state index in [-0.39, 0.29) is 25.1 Å². The summed E-state index contributed by atoms with van der Waals surface area (Å²) in [6.07, 6.45) is 3.23. The van der Waals surface area contributed by atoms with Crippen molar-refractivity contribution >= 4 is 27.9 Å². The van der Waals surface area contributed by atoms with Crippen molar-refractivity contribution in [3.8, 4) is 0 Å². The van der Waals surface area contributed by atoms with Gasteiger partial charge in [0.05, 0.1) is 29.8 Å². The van der Waals surface area contributed by atoms with Crippen molar-refractivity contribution in [2.75, 3.05) is 6.61 Å². The topological polar surface area (TPSA) is 98.5 Å². The third-order valence-electron chi connectivity index (χ3n) is 7.75. The molecule has 5 aliphatic rings. The molecule has 1 saturated carbocycles. The molecule has 2 spiro atoms. The van der Waals surface area contributed by atoms with Gasteiger partial charge in [0, 0.05) is 16.6 Å². The maximum Gasteiger partial charge on any atom is 0.334 e. The molecule has 148 valence electrons. The molecule has 0 amide bonds. The zero-order valence-electron chi connectivity index (χ0n) is 15.1. The van der Waals surface area contributed by atoms with Crippen LogP contribution in [0.5, 0.6) is 0 Å². The lowest BCUT2D eigenvalue weighted by atomic mass is 9.44. The fraction of sp³-hybridized carbons (Fsp3) is 0.600. The Balaban J connectivity index is 1.51. The molecule has 8 heteroatoms. The van der Waals surface area contributed by atoms with Crippen molar-refractivity contribution in [3.63, 3.8) is 0 Å². The van der Waals surface area contributed by atoms with E-state index >= 15 is 0 Å². The van der Waals surface area contributed by atoms with E-state index in [1.165, 1.54) is 0 Å². The third kappa shape index (κ3) is 1.70. The number of ether oxygens (including phenoxy) is 3. The predicted octanol–water partition coefficient (Wildman–Crippen LogP) is 2.43. The number of hydrogen-bond acceptors (Lipinski definition) is 7. The van der Waals surface area contributed by atoms with Gasteiger partial charge in [-0.05, 0) is 41.3 Å². The molecule has 0 radical (unpaired) electrons. The van der Waals surface area contributed by atoms with Gasteiger partial charge in [0.15, 0.2) is 4.67 Å². The van der Waals surface area contributed by atoms with E-state index in [1.807, 2.05) is 13.0 Å². The molecule has 0 bridgehead atoms. The Hall–Kier alpha value is -1.64. The van der Waals surface area contributed by atoms with E-state index < -0.39 is 40.5 Å².